The molecule has 1 fully saturated rings. The van der Waals surface area contributed by atoms with Gasteiger partial charge < -0.3 is 24.8 Å². The van der Waals surface area contributed by atoms with E-state index in [1.54, 1.807) is 18.1 Å². The fourth-order valence-corrected chi connectivity index (χ4v) is 3.22. The number of benzene rings is 1. The molecule has 0 aliphatic carbocycles. The van der Waals surface area contributed by atoms with E-state index >= 15 is 0 Å². The van der Waals surface area contributed by atoms with E-state index in [1.165, 1.54) is 0 Å². The fraction of sp³-hybridized carbons (Fsp3) is 0.556. The second-order valence-corrected chi connectivity index (χ2v) is 6.46. The van der Waals surface area contributed by atoms with E-state index < -0.39 is 6.10 Å². The number of likely N-dealkylation sites (tertiary alicyclic amines) is 1. The van der Waals surface area contributed by atoms with Crippen LogP contribution in [0.15, 0.2) is 18.2 Å². The van der Waals surface area contributed by atoms with Crippen LogP contribution < -0.4 is 10.1 Å². The van der Waals surface area contributed by atoms with Crippen LogP contribution in [0.3, 0.4) is 0 Å². The van der Waals surface area contributed by atoms with Gasteiger partial charge in [-0.2, -0.15) is 0 Å². The number of anilines is 1. The molecular formula is C18H24N2O5. The predicted octanol–water partition coefficient (Wildman–Crippen LogP) is 0.948. The number of amides is 2. The van der Waals surface area contributed by atoms with Crippen LogP contribution in [0.4, 0.5) is 5.69 Å². The molecule has 1 aromatic rings. The van der Waals surface area contributed by atoms with Gasteiger partial charge in [0, 0.05) is 38.2 Å². The lowest BCUT2D eigenvalue weighted by Gasteiger charge is -2.36. The number of β-amino-alcohol motifs (C(OH)–C–C–N with tert-alkyl or cyclic N) is 1. The number of hydrogen-bond donors (Lipinski definition) is 2. The maximum Gasteiger partial charge on any atom is 0.224 e. The van der Waals surface area contributed by atoms with Crippen molar-refractivity contribution in [2.24, 2.45) is 0 Å². The fourth-order valence-electron chi connectivity index (χ4n) is 3.22. The topological polar surface area (TPSA) is 88.1 Å². The van der Waals surface area contributed by atoms with E-state index in [0.29, 0.717) is 38.2 Å². The van der Waals surface area contributed by atoms with Gasteiger partial charge in [-0.1, -0.05) is 6.07 Å². The monoisotopic (exact) mass is 348 g/mol. The number of aliphatic hydroxyl groups is 1. The first kappa shape index (κ1) is 17.7. The lowest BCUT2D eigenvalue weighted by Crippen LogP contribution is -2.51. The molecule has 2 aliphatic rings. The number of hydrogen-bond acceptors (Lipinski definition) is 5. The Labute approximate surface area is 146 Å². The summed E-state index contributed by atoms with van der Waals surface area (Å²) in [7, 11) is 1.56. The van der Waals surface area contributed by atoms with Gasteiger partial charge in [0.25, 0.3) is 0 Å². The SMILES string of the molecule is COCCC(=O)N1CC[C@@H](Oc2ccc3c(c2)NC(=O)CC3)[C@H](O)C1. The highest BCUT2D eigenvalue weighted by atomic mass is 16.5. The van der Waals surface area contributed by atoms with E-state index in [2.05, 4.69) is 5.32 Å². The van der Waals surface area contributed by atoms with Crippen molar-refractivity contribution in [3.05, 3.63) is 23.8 Å². The van der Waals surface area contributed by atoms with Gasteiger partial charge in [0.05, 0.1) is 19.6 Å². The number of piperidine rings is 1. The highest BCUT2D eigenvalue weighted by molar-refractivity contribution is 5.94. The summed E-state index contributed by atoms with van der Waals surface area (Å²) in [6, 6.07) is 5.61. The van der Waals surface area contributed by atoms with Crippen molar-refractivity contribution < 1.29 is 24.2 Å². The van der Waals surface area contributed by atoms with Crippen molar-refractivity contribution in [2.75, 3.05) is 32.1 Å². The molecule has 0 unspecified atom stereocenters. The smallest absolute Gasteiger partial charge is 0.224 e. The summed E-state index contributed by atoms with van der Waals surface area (Å²) >= 11 is 0. The first-order valence-electron chi connectivity index (χ1n) is 8.61. The molecule has 0 aromatic heterocycles. The number of carbonyl (C=O) groups excluding carboxylic acids is 2. The molecule has 25 heavy (non-hydrogen) atoms. The standard InChI is InChI=1S/C18H24N2O5/c1-24-9-7-18(23)20-8-6-16(15(21)11-20)25-13-4-2-12-3-5-17(22)19-14(12)10-13/h2,4,10,15-16,21H,3,5-9,11H2,1H3,(H,19,22)/t15-,16-/m1/s1. The second kappa shape index (κ2) is 7.84. The minimum atomic E-state index is -0.745. The zero-order valence-corrected chi connectivity index (χ0v) is 14.4. The van der Waals surface area contributed by atoms with E-state index in [-0.39, 0.29) is 24.5 Å². The molecule has 0 saturated carbocycles. The Morgan fingerprint density at radius 1 is 1.40 bits per heavy atom. The Bertz CT molecular complexity index is 648. The molecular weight excluding hydrogens is 324 g/mol. The van der Waals surface area contributed by atoms with Crippen LogP contribution in [0, 0.1) is 0 Å². The largest absolute Gasteiger partial charge is 0.488 e. The lowest BCUT2D eigenvalue weighted by molar-refractivity contribution is -0.137. The Morgan fingerprint density at radius 3 is 3.00 bits per heavy atom. The molecule has 1 aromatic carbocycles. The van der Waals surface area contributed by atoms with Crippen molar-refractivity contribution in [3.8, 4) is 5.75 Å². The van der Waals surface area contributed by atoms with Crippen molar-refractivity contribution in [1.82, 2.24) is 4.90 Å². The van der Waals surface area contributed by atoms with Gasteiger partial charge in [-0.05, 0) is 18.1 Å². The number of methoxy groups -OCH3 is 1. The van der Waals surface area contributed by atoms with Crippen LogP contribution in [0.1, 0.15) is 24.8 Å². The summed E-state index contributed by atoms with van der Waals surface area (Å²) in [5.41, 5.74) is 1.86. The third-order valence-corrected chi connectivity index (χ3v) is 4.66. The first-order chi connectivity index (χ1) is 12.1. The number of rotatable bonds is 5. The second-order valence-electron chi connectivity index (χ2n) is 6.46. The summed E-state index contributed by atoms with van der Waals surface area (Å²) < 4.78 is 10.8. The Kier molecular flexibility index (Phi) is 5.55. The van der Waals surface area contributed by atoms with Gasteiger partial charge >= 0.3 is 0 Å². The van der Waals surface area contributed by atoms with E-state index in [1.807, 2.05) is 12.1 Å². The molecule has 0 spiro atoms. The van der Waals surface area contributed by atoms with Crippen LogP contribution in [0.5, 0.6) is 5.75 Å². The number of carbonyl (C=O) groups is 2. The van der Waals surface area contributed by atoms with Crippen molar-refractivity contribution in [2.45, 2.75) is 37.9 Å². The summed E-state index contributed by atoms with van der Waals surface area (Å²) in [5.74, 6) is 0.604. The van der Waals surface area contributed by atoms with E-state index in [0.717, 1.165) is 17.7 Å². The molecule has 3 rings (SSSR count). The highest BCUT2D eigenvalue weighted by Crippen LogP contribution is 2.29. The van der Waals surface area contributed by atoms with Gasteiger partial charge in [0.2, 0.25) is 11.8 Å². The third-order valence-electron chi connectivity index (χ3n) is 4.66. The van der Waals surface area contributed by atoms with Crippen LogP contribution in [-0.4, -0.2) is 60.8 Å². The van der Waals surface area contributed by atoms with Gasteiger partial charge in [-0.3, -0.25) is 9.59 Å². The Hall–Kier alpha value is -2.12. The highest BCUT2D eigenvalue weighted by Gasteiger charge is 2.31. The summed E-state index contributed by atoms with van der Waals surface area (Å²) in [5, 5.41) is 13.2. The number of fused-ring (bicyclic) bond motifs is 1. The summed E-state index contributed by atoms with van der Waals surface area (Å²) in [6.07, 6.45) is 0.991. The number of aliphatic hydroxyl groups excluding tert-OH is 1. The van der Waals surface area contributed by atoms with Crippen LogP contribution in [0.25, 0.3) is 0 Å². The normalized spacial score (nSPS) is 23.0. The van der Waals surface area contributed by atoms with Gasteiger partial charge in [0.1, 0.15) is 18.0 Å². The summed E-state index contributed by atoms with van der Waals surface area (Å²) in [4.78, 5) is 25.2. The average Bonchev–Trinajstić information content (AvgIpc) is 2.61. The number of nitrogens with zero attached hydrogens (tertiary/aromatic N) is 1. The summed E-state index contributed by atoms with van der Waals surface area (Å²) in [6.45, 7) is 1.19. The molecule has 2 amide bonds. The molecule has 0 bridgehead atoms. The van der Waals surface area contributed by atoms with Crippen molar-refractivity contribution in [1.29, 1.82) is 0 Å². The zero-order chi connectivity index (χ0) is 17.8. The minimum Gasteiger partial charge on any atom is -0.488 e. The number of aryl methyl sites for hydroxylation is 1. The molecule has 7 heteroatoms. The van der Waals surface area contributed by atoms with E-state index in [4.69, 9.17) is 9.47 Å². The molecule has 2 heterocycles. The van der Waals surface area contributed by atoms with Crippen LogP contribution in [-0.2, 0) is 20.7 Å². The first-order valence-corrected chi connectivity index (χ1v) is 8.61. The predicted molar refractivity (Wildman–Crippen MR) is 91.5 cm³/mol. The number of nitrogens with one attached hydrogen (secondary N) is 1. The molecule has 7 nitrogen and oxygen atoms in total. The molecule has 1 saturated heterocycles. The molecule has 2 N–H and O–H groups in total. The lowest BCUT2D eigenvalue weighted by atomic mass is 10.0. The molecule has 2 atom stereocenters. The van der Waals surface area contributed by atoms with Gasteiger partial charge in [-0.25, -0.2) is 0 Å². The maximum atomic E-state index is 12.0. The Morgan fingerprint density at radius 2 is 2.24 bits per heavy atom. The minimum absolute atomic E-state index is 0.00700. The van der Waals surface area contributed by atoms with E-state index in [9.17, 15) is 14.7 Å². The molecule has 2 aliphatic heterocycles. The van der Waals surface area contributed by atoms with Gasteiger partial charge in [0.15, 0.2) is 0 Å². The van der Waals surface area contributed by atoms with Crippen LogP contribution >= 0.6 is 0 Å². The number of ether oxygens (including phenoxy) is 2. The Balaban J connectivity index is 1.58. The molecule has 136 valence electrons. The average molecular weight is 348 g/mol. The van der Waals surface area contributed by atoms with Crippen molar-refractivity contribution in [3.63, 3.8) is 0 Å². The maximum absolute atomic E-state index is 12.0. The van der Waals surface area contributed by atoms with Crippen molar-refractivity contribution >= 4 is 17.5 Å². The quantitative estimate of drug-likeness (QED) is 0.827. The van der Waals surface area contributed by atoms with Crippen LogP contribution in [0.2, 0.25) is 0 Å². The zero-order valence-electron chi connectivity index (χ0n) is 14.4. The van der Waals surface area contributed by atoms with Gasteiger partial charge in [-0.15, -0.1) is 0 Å². The molecule has 0 radical (unpaired) electrons. The third kappa shape index (κ3) is 4.29.